The lowest BCUT2D eigenvalue weighted by molar-refractivity contribution is -0.167. The van der Waals surface area contributed by atoms with Crippen LogP contribution >= 0.6 is 0 Å². The Kier molecular flexibility index (Phi) is 3.69. The van der Waals surface area contributed by atoms with E-state index in [1.54, 1.807) is 16.7 Å². The Bertz CT molecular complexity index is 447. The van der Waals surface area contributed by atoms with E-state index < -0.39 is 17.7 Å². The summed E-state index contributed by atoms with van der Waals surface area (Å²) in [4.78, 5) is 28.5. The minimum absolute atomic E-state index is 0.0229. The topological polar surface area (TPSA) is 72.9 Å². The van der Waals surface area contributed by atoms with Gasteiger partial charge in [-0.15, -0.1) is 0 Å². The van der Waals surface area contributed by atoms with E-state index in [9.17, 15) is 14.7 Å². The Labute approximate surface area is 125 Å². The number of aliphatic hydroxyl groups is 1. The van der Waals surface area contributed by atoms with Crippen molar-refractivity contribution in [1.82, 2.24) is 15.1 Å². The van der Waals surface area contributed by atoms with Crippen molar-refractivity contribution in [3.05, 3.63) is 0 Å². The first-order valence-electron chi connectivity index (χ1n) is 8.00. The van der Waals surface area contributed by atoms with E-state index in [-0.39, 0.29) is 11.8 Å². The molecule has 0 aliphatic carbocycles. The van der Waals surface area contributed by atoms with E-state index in [1.807, 2.05) is 0 Å². The predicted octanol–water partition coefficient (Wildman–Crippen LogP) is -0.289. The fourth-order valence-electron chi connectivity index (χ4n) is 3.94. The Morgan fingerprint density at radius 3 is 2.57 bits per heavy atom. The van der Waals surface area contributed by atoms with Crippen molar-refractivity contribution in [2.45, 2.75) is 63.3 Å². The van der Waals surface area contributed by atoms with Crippen LogP contribution in [0.25, 0.3) is 0 Å². The standard InChI is InChI=1S/C15H25N3O3/c1-10-5-6-15(16-10)9-18(14(15)21)12(11(2)19)13(20)17-7-3-4-8-17/h10-12,16,19H,3-9H2,1-2H3/t10?,11-,12-,15?/m0/s1. The van der Waals surface area contributed by atoms with E-state index in [4.69, 9.17) is 0 Å². The van der Waals surface area contributed by atoms with Crippen LogP contribution in [0.15, 0.2) is 0 Å². The van der Waals surface area contributed by atoms with Crippen molar-refractivity contribution in [3.63, 3.8) is 0 Å². The summed E-state index contributed by atoms with van der Waals surface area (Å²) < 4.78 is 0. The number of rotatable bonds is 3. The van der Waals surface area contributed by atoms with Gasteiger partial charge in [0.15, 0.2) is 0 Å². The summed E-state index contributed by atoms with van der Waals surface area (Å²) in [6, 6.07) is -0.380. The SMILES string of the molecule is CC1CCC2(CN([C@H](C(=O)N3CCCC3)[C@H](C)O)C2=O)N1. The van der Waals surface area contributed by atoms with Crippen LogP contribution < -0.4 is 5.32 Å². The molecule has 0 radical (unpaired) electrons. The molecule has 3 saturated heterocycles. The quantitative estimate of drug-likeness (QED) is 0.702. The molecule has 2 unspecified atom stereocenters. The van der Waals surface area contributed by atoms with Gasteiger partial charge in [0.05, 0.1) is 6.10 Å². The molecule has 0 saturated carbocycles. The highest BCUT2D eigenvalue weighted by molar-refractivity contribution is 5.97. The number of likely N-dealkylation sites (tertiary alicyclic amines) is 2. The molecule has 3 fully saturated rings. The minimum atomic E-state index is -0.835. The molecule has 6 heteroatoms. The fourth-order valence-corrected chi connectivity index (χ4v) is 3.94. The Morgan fingerprint density at radius 1 is 1.43 bits per heavy atom. The molecule has 0 bridgehead atoms. The second-order valence-corrected chi connectivity index (χ2v) is 6.82. The summed E-state index contributed by atoms with van der Waals surface area (Å²) in [5, 5.41) is 13.4. The average molecular weight is 295 g/mol. The van der Waals surface area contributed by atoms with Crippen molar-refractivity contribution in [3.8, 4) is 0 Å². The zero-order valence-corrected chi connectivity index (χ0v) is 12.8. The Morgan fingerprint density at radius 2 is 2.10 bits per heavy atom. The predicted molar refractivity (Wildman–Crippen MR) is 77.6 cm³/mol. The molecule has 2 amide bonds. The van der Waals surface area contributed by atoms with E-state index >= 15 is 0 Å². The maximum Gasteiger partial charge on any atom is 0.248 e. The Balaban J connectivity index is 1.71. The van der Waals surface area contributed by atoms with Gasteiger partial charge in [-0.05, 0) is 39.5 Å². The highest BCUT2D eigenvalue weighted by Gasteiger charge is 2.58. The highest BCUT2D eigenvalue weighted by atomic mass is 16.3. The number of hydrogen-bond donors (Lipinski definition) is 2. The van der Waals surface area contributed by atoms with Crippen LogP contribution in [-0.4, -0.2) is 70.1 Å². The number of carbonyl (C=O) groups excluding carboxylic acids is 2. The van der Waals surface area contributed by atoms with Gasteiger partial charge in [0.25, 0.3) is 0 Å². The van der Waals surface area contributed by atoms with Gasteiger partial charge in [-0.2, -0.15) is 0 Å². The summed E-state index contributed by atoms with van der Waals surface area (Å²) in [5.41, 5.74) is -0.474. The molecule has 3 heterocycles. The summed E-state index contributed by atoms with van der Waals surface area (Å²) in [7, 11) is 0. The lowest BCUT2D eigenvalue weighted by Gasteiger charge is -2.51. The lowest BCUT2D eigenvalue weighted by Crippen LogP contribution is -2.76. The van der Waals surface area contributed by atoms with Crippen LogP contribution in [0, 0.1) is 0 Å². The van der Waals surface area contributed by atoms with Gasteiger partial charge in [0, 0.05) is 25.7 Å². The van der Waals surface area contributed by atoms with Gasteiger partial charge in [0.1, 0.15) is 11.6 Å². The summed E-state index contributed by atoms with van der Waals surface area (Å²) >= 11 is 0. The third-order valence-corrected chi connectivity index (χ3v) is 5.10. The van der Waals surface area contributed by atoms with Gasteiger partial charge in [0.2, 0.25) is 11.8 Å². The van der Waals surface area contributed by atoms with Crippen LogP contribution in [-0.2, 0) is 9.59 Å². The van der Waals surface area contributed by atoms with Crippen molar-refractivity contribution < 1.29 is 14.7 Å². The highest BCUT2D eigenvalue weighted by Crippen LogP contribution is 2.36. The number of aliphatic hydroxyl groups excluding tert-OH is 1. The normalized spacial score (nSPS) is 35.2. The average Bonchev–Trinajstić information content (AvgIpc) is 3.08. The molecular formula is C15H25N3O3. The minimum Gasteiger partial charge on any atom is -0.391 e. The maximum absolute atomic E-state index is 12.6. The van der Waals surface area contributed by atoms with Crippen LogP contribution in [0.4, 0.5) is 0 Å². The molecule has 3 aliphatic heterocycles. The molecule has 0 aromatic rings. The van der Waals surface area contributed by atoms with Crippen molar-refractivity contribution in [2.75, 3.05) is 19.6 Å². The molecule has 6 nitrogen and oxygen atoms in total. The number of nitrogens with one attached hydrogen (secondary N) is 1. The number of hydrogen-bond acceptors (Lipinski definition) is 4. The molecular weight excluding hydrogens is 270 g/mol. The van der Waals surface area contributed by atoms with E-state index in [2.05, 4.69) is 12.2 Å². The van der Waals surface area contributed by atoms with E-state index in [1.165, 1.54) is 0 Å². The summed E-state index contributed by atoms with van der Waals surface area (Å²) in [6.45, 7) is 5.69. The van der Waals surface area contributed by atoms with Crippen LogP contribution in [0.5, 0.6) is 0 Å². The second kappa shape index (κ2) is 5.25. The van der Waals surface area contributed by atoms with Gasteiger partial charge in [-0.25, -0.2) is 0 Å². The molecule has 3 rings (SSSR count). The molecule has 1 spiro atoms. The Hall–Kier alpha value is -1.14. The molecule has 0 aromatic carbocycles. The number of carbonyl (C=O) groups is 2. The molecule has 4 atom stereocenters. The van der Waals surface area contributed by atoms with Crippen molar-refractivity contribution >= 4 is 11.8 Å². The first-order chi connectivity index (χ1) is 9.94. The third kappa shape index (κ3) is 2.34. The van der Waals surface area contributed by atoms with E-state index in [0.717, 1.165) is 38.8 Å². The first kappa shape index (κ1) is 14.8. The van der Waals surface area contributed by atoms with Gasteiger partial charge in [-0.1, -0.05) is 0 Å². The number of nitrogens with zero attached hydrogens (tertiary/aromatic N) is 2. The summed E-state index contributed by atoms with van der Waals surface area (Å²) in [5.74, 6) is -0.123. The zero-order chi connectivity index (χ0) is 15.2. The van der Waals surface area contributed by atoms with Crippen LogP contribution in [0.2, 0.25) is 0 Å². The lowest BCUT2D eigenvalue weighted by atomic mass is 9.84. The summed E-state index contributed by atoms with van der Waals surface area (Å²) in [6.07, 6.45) is 3.00. The second-order valence-electron chi connectivity index (χ2n) is 6.82. The van der Waals surface area contributed by atoms with Gasteiger partial charge < -0.3 is 14.9 Å². The fraction of sp³-hybridized carbons (Fsp3) is 0.867. The van der Waals surface area contributed by atoms with Crippen LogP contribution in [0.1, 0.15) is 39.5 Å². The van der Waals surface area contributed by atoms with Gasteiger partial charge >= 0.3 is 0 Å². The molecule has 0 aromatic heterocycles. The largest absolute Gasteiger partial charge is 0.391 e. The smallest absolute Gasteiger partial charge is 0.248 e. The van der Waals surface area contributed by atoms with Crippen molar-refractivity contribution in [1.29, 1.82) is 0 Å². The van der Waals surface area contributed by atoms with Gasteiger partial charge in [-0.3, -0.25) is 14.9 Å². The third-order valence-electron chi connectivity index (χ3n) is 5.10. The molecule has 118 valence electrons. The van der Waals surface area contributed by atoms with Crippen molar-refractivity contribution in [2.24, 2.45) is 0 Å². The molecule has 2 N–H and O–H groups in total. The van der Waals surface area contributed by atoms with Crippen LogP contribution in [0.3, 0.4) is 0 Å². The molecule has 21 heavy (non-hydrogen) atoms. The molecule has 3 aliphatic rings. The van der Waals surface area contributed by atoms with E-state index in [0.29, 0.717) is 12.6 Å². The monoisotopic (exact) mass is 295 g/mol. The number of β-lactam (4-membered cyclic amide) rings is 1. The zero-order valence-electron chi connectivity index (χ0n) is 12.8. The number of amides is 2. The first-order valence-corrected chi connectivity index (χ1v) is 8.00. The maximum atomic E-state index is 12.6.